The zero-order valence-electron chi connectivity index (χ0n) is 13.1. The van der Waals surface area contributed by atoms with E-state index in [-0.39, 0.29) is 12.2 Å². The summed E-state index contributed by atoms with van der Waals surface area (Å²) in [5.74, 6) is -1.33. The van der Waals surface area contributed by atoms with Crippen LogP contribution in [0.25, 0.3) is 28.3 Å². The number of aliphatic carboxylic acids is 1. The van der Waals surface area contributed by atoms with Crippen LogP contribution in [0, 0.1) is 5.82 Å². The molecule has 0 unspecified atom stereocenters. The fourth-order valence-electron chi connectivity index (χ4n) is 3.01. The zero-order chi connectivity index (χ0) is 17.4. The van der Waals surface area contributed by atoms with E-state index in [1.54, 1.807) is 18.3 Å². The summed E-state index contributed by atoms with van der Waals surface area (Å²) in [6.45, 7) is 0. The molecule has 0 bridgehead atoms. The molecule has 5 heteroatoms. The molecular weight excluding hydrogens is 319 g/mol. The van der Waals surface area contributed by atoms with E-state index in [9.17, 15) is 9.18 Å². The highest BCUT2D eigenvalue weighted by atomic mass is 19.1. The molecule has 1 aliphatic rings. The van der Waals surface area contributed by atoms with Gasteiger partial charge in [0.25, 0.3) is 0 Å². The van der Waals surface area contributed by atoms with Crippen molar-refractivity contribution in [3.8, 4) is 0 Å². The number of rotatable bonds is 3. The largest absolute Gasteiger partial charge is 0.481 e. The lowest BCUT2D eigenvalue weighted by molar-refractivity contribution is -0.135. The Morgan fingerprint density at radius 3 is 2.88 bits per heavy atom. The molecule has 4 nitrogen and oxygen atoms in total. The van der Waals surface area contributed by atoms with Crippen LogP contribution in [-0.2, 0) is 4.79 Å². The lowest BCUT2D eigenvalue weighted by atomic mass is 10.0. The number of carbonyl (C=O) groups is 1. The molecule has 25 heavy (non-hydrogen) atoms. The van der Waals surface area contributed by atoms with Crippen molar-refractivity contribution in [2.24, 2.45) is 0 Å². The van der Waals surface area contributed by atoms with E-state index < -0.39 is 5.97 Å². The van der Waals surface area contributed by atoms with Gasteiger partial charge in [-0.3, -0.25) is 4.79 Å². The second kappa shape index (κ2) is 5.94. The van der Waals surface area contributed by atoms with Crippen LogP contribution in [0.3, 0.4) is 0 Å². The molecule has 0 spiro atoms. The van der Waals surface area contributed by atoms with Crippen molar-refractivity contribution >= 4 is 34.2 Å². The molecule has 0 fully saturated rings. The van der Waals surface area contributed by atoms with Gasteiger partial charge in [0, 0.05) is 11.6 Å². The first-order valence-electron chi connectivity index (χ1n) is 7.76. The summed E-state index contributed by atoms with van der Waals surface area (Å²) in [5, 5.41) is 10.0. The Morgan fingerprint density at radius 2 is 2.04 bits per heavy atom. The number of hydrogen-bond acceptors (Lipinski definition) is 3. The number of fused-ring (bicyclic) bond motifs is 2. The molecule has 2 aromatic heterocycles. The van der Waals surface area contributed by atoms with Gasteiger partial charge < -0.3 is 5.11 Å². The normalized spacial score (nSPS) is 14.6. The zero-order valence-corrected chi connectivity index (χ0v) is 13.1. The molecule has 0 saturated carbocycles. The quantitative estimate of drug-likeness (QED) is 0.781. The monoisotopic (exact) mass is 332 g/mol. The Labute approximate surface area is 143 Å². The van der Waals surface area contributed by atoms with Gasteiger partial charge in [0.15, 0.2) is 5.65 Å². The van der Waals surface area contributed by atoms with E-state index in [2.05, 4.69) is 9.97 Å². The molecule has 3 aromatic rings. The third kappa shape index (κ3) is 2.92. The average Bonchev–Trinajstić information content (AvgIpc) is 2.91. The highest BCUT2D eigenvalue weighted by molar-refractivity contribution is 6.04. The summed E-state index contributed by atoms with van der Waals surface area (Å²) in [4.78, 5) is 19.8. The highest BCUT2D eigenvalue weighted by Gasteiger charge is 2.21. The molecule has 4 rings (SSSR count). The van der Waals surface area contributed by atoms with E-state index in [0.717, 1.165) is 16.5 Å². The number of hydrogen-bond donors (Lipinski definition) is 1. The minimum Gasteiger partial charge on any atom is -0.481 e. The minimum absolute atomic E-state index is 0.152. The van der Waals surface area contributed by atoms with Crippen molar-refractivity contribution in [2.75, 3.05) is 0 Å². The van der Waals surface area contributed by atoms with E-state index in [1.807, 2.05) is 30.3 Å². The predicted molar refractivity (Wildman–Crippen MR) is 94.0 cm³/mol. The van der Waals surface area contributed by atoms with Crippen LogP contribution in [0.2, 0.25) is 0 Å². The van der Waals surface area contributed by atoms with Gasteiger partial charge >= 0.3 is 5.97 Å². The van der Waals surface area contributed by atoms with Crippen LogP contribution >= 0.6 is 0 Å². The average molecular weight is 332 g/mol. The van der Waals surface area contributed by atoms with E-state index >= 15 is 0 Å². The Kier molecular flexibility index (Phi) is 3.61. The van der Waals surface area contributed by atoms with Gasteiger partial charge in [-0.2, -0.15) is 0 Å². The lowest BCUT2D eigenvalue weighted by Gasteiger charge is -2.04. The summed E-state index contributed by atoms with van der Waals surface area (Å²) in [5.41, 5.74) is 4.18. The third-order valence-corrected chi connectivity index (χ3v) is 4.10. The smallest absolute Gasteiger partial charge is 0.307 e. The molecule has 1 aromatic carbocycles. The Hall–Kier alpha value is -3.34. The maximum Gasteiger partial charge on any atom is 0.307 e. The molecule has 0 radical (unpaired) electrons. The number of pyridine rings is 2. The Balaban J connectivity index is 1.82. The van der Waals surface area contributed by atoms with Gasteiger partial charge in [-0.15, -0.1) is 0 Å². The highest BCUT2D eigenvalue weighted by Crippen LogP contribution is 2.38. The van der Waals surface area contributed by atoms with E-state index in [0.29, 0.717) is 22.5 Å². The fraction of sp³-hybridized carbons (Fsp3) is 0.0500. The fourth-order valence-corrected chi connectivity index (χ4v) is 3.01. The molecular formula is C20H13FN2O2. The molecule has 0 aliphatic heterocycles. The minimum atomic E-state index is -0.948. The number of benzene rings is 1. The summed E-state index contributed by atoms with van der Waals surface area (Å²) in [6.07, 6.45) is 5.17. The predicted octanol–water partition coefficient (Wildman–Crippen LogP) is 4.18. The molecule has 0 atom stereocenters. The number of aromatic nitrogens is 2. The van der Waals surface area contributed by atoms with Crippen LogP contribution in [0.1, 0.15) is 23.2 Å². The van der Waals surface area contributed by atoms with E-state index in [1.165, 1.54) is 12.1 Å². The first-order valence-corrected chi connectivity index (χ1v) is 7.76. The summed E-state index contributed by atoms with van der Waals surface area (Å²) in [6, 6.07) is 12.0. The van der Waals surface area contributed by atoms with Crippen molar-refractivity contribution in [2.45, 2.75) is 6.42 Å². The van der Waals surface area contributed by atoms with Crippen LogP contribution in [0.4, 0.5) is 4.39 Å². The van der Waals surface area contributed by atoms with Crippen molar-refractivity contribution in [3.05, 3.63) is 77.4 Å². The molecule has 2 heterocycles. The third-order valence-electron chi connectivity index (χ3n) is 4.10. The van der Waals surface area contributed by atoms with Gasteiger partial charge in [0.1, 0.15) is 5.82 Å². The Morgan fingerprint density at radius 1 is 1.16 bits per heavy atom. The molecule has 1 aliphatic carbocycles. The number of halogens is 1. The van der Waals surface area contributed by atoms with Gasteiger partial charge in [-0.1, -0.05) is 6.07 Å². The first kappa shape index (κ1) is 15.2. The standard InChI is InChI=1S/C20H13FN2O2/c21-15-4-6-17-13(8-14(10-19(24)25)18(17)11-15)9-16-5-3-12-2-1-7-22-20(12)23-16/h1-9,11H,10H2,(H,24,25)/b13-9+. The van der Waals surface area contributed by atoms with E-state index in [4.69, 9.17) is 5.11 Å². The topological polar surface area (TPSA) is 63.1 Å². The van der Waals surface area contributed by atoms with Crippen molar-refractivity contribution in [3.63, 3.8) is 0 Å². The molecule has 122 valence electrons. The summed E-state index contributed by atoms with van der Waals surface area (Å²) >= 11 is 0. The van der Waals surface area contributed by atoms with Crippen molar-refractivity contribution in [1.29, 1.82) is 0 Å². The van der Waals surface area contributed by atoms with Crippen LogP contribution in [-0.4, -0.2) is 21.0 Å². The maximum atomic E-state index is 13.6. The number of carboxylic acids is 1. The number of carboxylic acid groups (broad SMARTS) is 1. The van der Waals surface area contributed by atoms with Gasteiger partial charge in [0.05, 0.1) is 12.1 Å². The Bertz CT molecular complexity index is 1070. The van der Waals surface area contributed by atoms with Crippen molar-refractivity contribution < 1.29 is 14.3 Å². The van der Waals surface area contributed by atoms with Gasteiger partial charge in [-0.25, -0.2) is 14.4 Å². The lowest BCUT2D eigenvalue weighted by Crippen LogP contribution is -1.96. The first-order chi connectivity index (χ1) is 12.1. The maximum absolute atomic E-state index is 13.6. The second-order valence-corrected chi connectivity index (χ2v) is 5.82. The second-order valence-electron chi connectivity index (χ2n) is 5.82. The molecule has 0 amide bonds. The van der Waals surface area contributed by atoms with Gasteiger partial charge in [0.2, 0.25) is 0 Å². The van der Waals surface area contributed by atoms with Crippen LogP contribution < -0.4 is 0 Å². The van der Waals surface area contributed by atoms with Gasteiger partial charge in [-0.05, 0) is 70.8 Å². The van der Waals surface area contributed by atoms with Crippen molar-refractivity contribution in [1.82, 2.24) is 9.97 Å². The van der Waals surface area contributed by atoms with Crippen LogP contribution in [0.5, 0.6) is 0 Å². The molecule has 1 N–H and O–H groups in total. The molecule has 0 saturated heterocycles. The summed E-state index contributed by atoms with van der Waals surface area (Å²) < 4.78 is 13.6. The number of nitrogens with zero attached hydrogens (tertiary/aromatic N) is 2. The number of allylic oxidation sites excluding steroid dienone is 2. The summed E-state index contributed by atoms with van der Waals surface area (Å²) in [7, 11) is 0. The van der Waals surface area contributed by atoms with Crippen LogP contribution in [0.15, 0.2) is 54.7 Å². The SMILES string of the molecule is O=C(O)CC1=C/C(=C\c2ccc3cccnc3n2)c2ccc(F)cc21.